The van der Waals surface area contributed by atoms with Crippen LogP contribution in [0, 0.1) is 11.8 Å². The lowest BCUT2D eigenvalue weighted by Gasteiger charge is -2.40. The largest absolute Gasteiger partial charge is 0.310 e. The zero-order valence-electron chi connectivity index (χ0n) is 12.5. The monoisotopic (exact) mass is 299 g/mol. The fourth-order valence-electron chi connectivity index (χ4n) is 4.72. The Labute approximate surface area is 123 Å². The summed E-state index contributed by atoms with van der Waals surface area (Å²) in [4.78, 5) is 0. The van der Waals surface area contributed by atoms with Crippen LogP contribution in [0.4, 0.5) is 0 Å². The van der Waals surface area contributed by atoms with E-state index in [0.717, 1.165) is 18.3 Å². The minimum Gasteiger partial charge on any atom is -0.310 e. The molecule has 0 aromatic heterocycles. The van der Waals surface area contributed by atoms with Crippen LogP contribution < -0.4 is 5.32 Å². The van der Waals surface area contributed by atoms with Crippen LogP contribution in [0.3, 0.4) is 0 Å². The first-order valence-electron chi connectivity index (χ1n) is 8.60. The van der Waals surface area contributed by atoms with Crippen molar-refractivity contribution in [2.24, 2.45) is 11.8 Å². The maximum atomic E-state index is 11.6. The number of sulfone groups is 1. The van der Waals surface area contributed by atoms with Gasteiger partial charge in [-0.1, -0.05) is 44.9 Å². The van der Waals surface area contributed by atoms with E-state index in [1.807, 2.05) is 0 Å². The summed E-state index contributed by atoms with van der Waals surface area (Å²) in [5, 5.41) is 3.74. The Morgan fingerprint density at radius 2 is 1.50 bits per heavy atom. The van der Waals surface area contributed by atoms with Crippen molar-refractivity contribution < 1.29 is 8.42 Å². The highest BCUT2D eigenvalue weighted by atomic mass is 32.2. The average Bonchev–Trinajstić information content (AvgIpc) is 2.79. The van der Waals surface area contributed by atoms with Gasteiger partial charge in [-0.3, -0.25) is 0 Å². The molecule has 0 spiro atoms. The van der Waals surface area contributed by atoms with Gasteiger partial charge in [0.2, 0.25) is 0 Å². The molecule has 1 aliphatic heterocycles. The molecule has 3 nitrogen and oxygen atoms in total. The maximum Gasteiger partial charge on any atom is 0.151 e. The molecule has 3 rings (SSSR count). The lowest BCUT2D eigenvalue weighted by Crippen LogP contribution is -2.47. The molecule has 20 heavy (non-hydrogen) atoms. The Kier molecular flexibility index (Phi) is 4.71. The summed E-state index contributed by atoms with van der Waals surface area (Å²) in [6.45, 7) is 0. The lowest BCUT2D eigenvalue weighted by atomic mass is 9.71. The van der Waals surface area contributed by atoms with Crippen molar-refractivity contribution in [1.29, 1.82) is 0 Å². The fourth-order valence-corrected chi connectivity index (χ4v) is 6.41. The smallest absolute Gasteiger partial charge is 0.151 e. The summed E-state index contributed by atoms with van der Waals surface area (Å²) in [6, 6.07) is 0.819. The van der Waals surface area contributed by atoms with Crippen LogP contribution in [0.1, 0.15) is 64.2 Å². The molecule has 3 unspecified atom stereocenters. The fraction of sp³-hybridized carbons (Fsp3) is 1.00. The standard InChI is InChI=1S/C16H29NO2S/c18-20(19)11-10-14(12-20)17-16-9-5-4-8-15(16)13-6-2-1-3-7-13/h13-17H,1-12H2. The summed E-state index contributed by atoms with van der Waals surface area (Å²) in [5.41, 5.74) is 0. The van der Waals surface area contributed by atoms with E-state index in [0.29, 0.717) is 17.5 Å². The molecule has 0 aromatic rings. The molecule has 0 aromatic carbocycles. The topological polar surface area (TPSA) is 46.2 Å². The van der Waals surface area contributed by atoms with Gasteiger partial charge in [-0.05, 0) is 31.1 Å². The van der Waals surface area contributed by atoms with E-state index in [-0.39, 0.29) is 6.04 Å². The molecular weight excluding hydrogens is 270 g/mol. The zero-order valence-corrected chi connectivity index (χ0v) is 13.3. The van der Waals surface area contributed by atoms with Gasteiger partial charge in [0.25, 0.3) is 0 Å². The predicted octanol–water partition coefficient (Wildman–Crippen LogP) is 2.90. The minimum absolute atomic E-state index is 0.231. The molecule has 0 bridgehead atoms. The van der Waals surface area contributed by atoms with Crippen LogP contribution in [0.2, 0.25) is 0 Å². The van der Waals surface area contributed by atoms with E-state index < -0.39 is 9.84 Å². The molecule has 1 heterocycles. The second kappa shape index (κ2) is 6.35. The molecule has 2 saturated carbocycles. The summed E-state index contributed by atoms with van der Waals surface area (Å²) in [6.07, 6.45) is 13.2. The molecule has 0 radical (unpaired) electrons. The number of nitrogens with one attached hydrogen (secondary N) is 1. The Morgan fingerprint density at radius 3 is 2.20 bits per heavy atom. The predicted molar refractivity (Wildman–Crippen MR) is 82.5 cm³/mol. The van der Waals surface area contributed by atoms with Crippen molar-refractivity contribution in [1.82, 2.24) is 5.32 Å². The third-order valence-electron chi connectivity index (χ3n) is 5.76. The number of hydrogen-bond acceptors (Lipinski definition) is 3. The molecule has 1 saturated heterocycles. The van der Waals surface area contributed by atoms with Crippen molar-refractivity contribution >= 4 is 9.84 Å². The minimum atomic E-state index is -2.75. The molecular formula is C16H29NO2S. The first kappa shape index (κ1) is 14.8. The van der Waals surface area contributed by atoms with Gasteiger partial charge in [0, 0.05) is 12.1 Å². The van der Waals surface area contributed by atoms with Crippen LogP contribution >= 0.6 is 0 Å². The highest BCUT2D eigenvalue weighted by Crippen LogP contribution is 2.38. The number of hydrogen-bond donors (Lipinski definition) is 1. The summed E-state index contributed by atoms with van der Waals surface area (Å²) in [7, 11) is -2.75. The van der Waals surface area contributed by atoms with E-state index in [9.17, 15) is 8.42 Å². The number of rotatable bonds is 3. The van der Waals surface area contributed by atoms with Crippen molar-refractivity contribution in [2.45, 2.75) is 76.3 Å². The van der Waals surface area contributed by atoms with Gasteiger partial charge in [0.1, 0.15) is 0 Å². The van der Waals surface area contributed by atoms with Gasteiger partial charge in [0.15, 0.2) is 9.84 Å². The average molecular weight is 299 g/mol. The van der Waals surface area contributed by atoms with E-state index >= 15 is 0 Å². The molecule has 4 heteroatoms. The van der Waals surface area contributed by atoms with Crippen LogP contribution in [-0.2, 0) is 9.84 Å². The zero-order chi connectivity index (χ0) is 14.0. The highest BCUT2D eigenvalue weighted by molar-refractivity contribution is 7.91. The van der Waals surface area contributed by atoms with Gasteiger partial charge < -0.3 is 5.32 Å². The highest BCUT2D eigenvalue weighted by Gasteiger charge is 2.36. The van der Waals surface area contributed by atoms with Crippen LogP contribution in [0.15, 0.2) is 0 Å². The summed E-state index contributed by atoms with van der Waals surface area (Å²) < 4.78 is 23.3. The maximum absolute atomic E-state index is 11.6. The van der Waals surface area contributed by atoms with Crippen LogP contribution in [-0.4, -0.2) is 32.0 Å². The Morgan fingerprint density at radius 1 is 0.800 bits per heavy atom. The molecule has 3 fully saturated rings. The Balaban J connectivity index is 1.60. The van der Waals surface area contributed by atoms with E-state index in [1.54, 1.807) is 0 Å². The molecule has 0 amide bonds. The SMILES string of the molecule is O=S1(=O)CCC(NC2CCCCC2C2CCCCC2)C1. The molecule has 3 atom stereocenters. The third-order valence-corrected chi connectivity index (χ3v) is 7.52. The van der Waals surface area contributed by atoms with E-state index in [4.69, 9.17) is 0 Å². The summed E-state index contributed by atoms with van der Waals surface area (Å²) >= 11 is 0. The van der Waals surface area contributed by atoms with Gasteiger partial charge in [-0.2, -0.15) is 0 Å². The molecule has 3 aliphatic rings. The van der Waals surface area contributed by atoms with Crippen molar-refractivity contribution in [3.05, 3.63) is 0 Å². The second-order valence-corrected chi connectivity index (χ2v) is 9.45. The third kappa shape index (κ3) is 3.56. The first-order valence-corrected chi connectivity index (χ1v) is 10.4. The van der Waals surface area contributed by atoms with Gasteiger partial charge >= 0.3 is 0 Å². The molecule has 116 valence electrons. The van der Waals surface area contributed by atoms with Gasteiger partial charge in [-0.15, -0.1) is 0 Å². The molecule has 1 N–H and O–H groups in total. The van der Waals surface area contributed by atoms with E-state index in [2.05, 4.69) is 5.32 Å². The lowest BCUT2D eigenvalue weighted by molar-refractivity contribution is 0.144. The quantitative estimate of drug-likeness (QED) is 0.871. The van der Waals surface area contributed by atoms with Crippen molar-refractivity contribution in [3.8, 4) is 0 Å². The Bertz CT molecular complexity index is 414. The van der Waals surface area contributed by atoms with Crippen LogP contribution in [0.25, 0.3) is 0 Å². The normalized spacial score (nSPS) is 38.9. The second-order valence-electron chi connectivity index (χ2n) is 7.22. The summed E-state index contributed by atoms with van der Waals surface area (Å²) in [5.74, 6) is 2.48. The Hall–Kier alpha value is -0.0900. The van der Waals surface area contributed by atoms with Gasteiger partial charge in [0.05, 0.1) is 11.5 Å². The van der Waals surface area contributed by atoms with Crippen LogP contribution in [0.5, 0.6) is 0 Å². The van der Waals surface area contributed by atoms with Crippen molar-refractivity contribution in [3.63, 3.8) is 0 Å². The van der Waals surface area contributed by atoms with Crippen molar-refractivity contribution in [2.75, 3.05) is 11.5 Å². The molecule has 2 aliphatic carbocycles. The van der Waals surface area contributed by atoms with Gasteiger partial charge in [-0.25, -0.2) is 8.42 Å². The first-order chi connectivity index (χ1) is 9.64. The van der Waals surface area contributed by atoms with E-state index in [1.165, 1.54) is 57.8 Å².